The maximum atomic E-state index is 13.3. The number of hydrogen-bond donors (Lipinski definition) is 0. The van der Waals surface area contributed by atoms with Gasteiger partial charge in [0.15, 0.2) is 11.9 Å². The van der Waals surface area contributed by atoms with Gasteiger partial charge in [-0.25, -0.2) is 9.18 Å². The number of hydrogen-bond acceptors (Lipinski definition) is 4. The van der Waals surface area contributed by atoms with Crippen LogP contribution in [-0.2, 0) is 16.0 Å². The van der Waals surface area contributed by atoms with E-state index in [0.717, 1.165) is 6.07 Å². The van der Waals surface area contributed by atoms with Gasteiger partial charge in [-0.1, -0.05) is 0 Å². The molecule has 2 rings (SSSR count). The molecule has 0 spiro atoms. The van der Waals surface area contributed by atoms with Crippen LogP contribution in [-0.4, -0.2) is 25.0 Å². The molecule has 0 aliphatic carbocycles. The van der Waals surface area contributed by atoms with Crippen LogP contribution in [0.25, 0.3) is 0 Å². The average Bonchev–Trinajstić information content (AvgIpc) is 2.70. The number of carbonyl (C=O) groups is 2. The van der Waals surface area contributed by atoms with Gasteiger partial charge >= 0.3 is 5.97 Å². The van der Waals surface area contributed by atoms with Crippen molar-refractivity contribution in [3.05, 3.63) is 29.1 Å². The van der Waals surface area contributed by atoms with E-state index in [1.807, 2.05) is 0 Å². The smallest absolute Gasteiger partial charge is 0.341 e. The minimum absolute atomic E-state index is 0.0197. The topological polar surface area (TPSA) is 52.6 Å². The van der Waals surface area contributed by atoms with Crippen molar-refractivity contribution >= 4 is 11.8 Å². The van der Waals surface area contributed by atoms with Crippen LogP contribution in [0.15, 0.2) is 12.1 Å². The summed E-state index contributed by atoms with van der Waals surface area (Å²) in [4.78, 5) is 22.7. The molecule has 0 saturated heterocycles. The van der Waals surface area contributed by atoms with Gasteiger partial charge < -0.3 is 9.47 Å². The maximum Gasteiger partial charge on any atom is 0.341 e. The fourth-order valence-electron chi connectivity index (χ4n) is 1.81. The van der Waals surface area contributed by atoms with Crippen LogP contribution in [0.1, 0.15) is 22.8 Å². The first-order chi connectivity index (χ1) is 8.02. The number of benzene rings is 1. The third-order valence-corrected chi connectivity index (χ3v) is 2.65. The number of halogens is 1. The highest BCUT2D eigenvalue weighted by Gasteiger charge is 2.31. The highest BCUT2D eigenvalue weighted by Crippen LogP contribution is 2.34. The van der Waals surface area contributed by atoms with E-state index in [9.17, 15) is 14.0 Å². The number of ketones is 1. The lowest BCUT2D eigenvalue weighted by molar-refractivity contribution is -0.122. The number of ether oxygens (including phenoxy) is 2. The van der Waals surface area contributed by atoms with Gasteiger partial charge in [0.05, 0.1) is 7.11 Å². The zero-order chi connectivity index (χ0) is 12.6. The van der Waals surface area contributed by atoms with Crippen LogP contribution in [0.3, 0.4) is 0 Å². The molecule has 1 aliphatic heterocycles. The van der Waals surface area contributed by atoms with Crippen molar-refractivity contribution in [3.8, 4) is 5.75 Å². The molecule has 1 heterocycles. The summed E-state index contributed by atoms with van der Waals surface area (Å²) in [5.74, 6) is -1.13. The highest BCUT2D eigenvalue weighted by atomic mass is 19.1. The number of carbonyl (C=O) groups excluding carboxylic acids is 2. The first kappa shape index (κ1) is 11.6. The average molecular weight is 238 g/mol. The molecular formula is C12H11FO4. The van der Waals surface area contributed by atoms with Crippen LogP contribution in [0, 0.1) is 5.82 Å². The number of fused-ring (bicyclic) bond motifs is 1. The molecule has 0 N–H and O–H groups in total. The second kappa shape index (κ2) is 4.16. The Balaban J connectivity index is 2.46. The van der Waals surface area contributed by atoms with Gasteiger partial charge in [-0.3, -0.25) is 4.79 Å². The number of Topliss-reactive ketones (excluding diaryl/α,β-unsaturated/α-hetero) is 1. The predicted octanol–water partition coefficient (Wildman–Crippen LogP) is 1.50. The van der Waals surface area contributed by atoms with Crippen molar-refractivity contribution in [2.75, 3.05) is 7.11 Å². The molecule has 0 bridgehead atoms. The minimum Gasteiger partial charge on any atom is -0.481 e. The minimum atomic E-state index is -0.676. The monoisotopic (exact) mass is 238 g/mol. The first-order valence-corrected chi connectivity index (χ1v) is 5.10. The van der Waals surface area contributed by atoms with Gasteiger partial charge in [0.2, 0.25) is 0 Å². The molecule has 1 unspecified atom stereocenters. The maximum absolute atomic E-state index is 13.3. The fraction of sp³-hybridized carbons (Fsp3) is 0.333. The second-order valence-corrected chi connectivity index (χ2v) is 3.85. The molecular weight excluding hydrogens is 227 g/mol. The molecule has 0 fully saturated rings. The fourth-order valence-corrected chi connectivity index (χ4v) is 1.81. The number of esters is 1. The van der Waals surface area contributed by atoms with Crippen molar-refractivity contribution in [3.63, 3.8) is 0 Å². The Labute approximate surface area is 97.3 Å². The summed E-state index contributed by atoms with van der Waals surface area (Å²) in [7, 11) is 1.21. The van der Waals surface area contributed by atoms with Crippen LogP contribution >= 0.6 is 0 Å². The Bertz CT molecular complexity index is 496. The molecule has 1 aliphatic rings. The standard InChI is InChI=1S/C12H11FO4/c1-6(14)10-4-7-3-8(13)5-9(11(7)17-10)12(15)16-2/h3,5,10H,4H2,1-2H3. The van der Waals surface area contributed by atoms with E-state index in [4.69, 9.17) is 4.74 Å². The Kier molecular flexibility index (Phi) is 2.83. The lowest BCUT2D eigenvalue weighted by Gasteiger charge is -2.08. The van der Waals surface area contributed by atoms with Gasteiger partial charge in [-0.2, -0.15) is 0 Å². The molecule has 0 amide bonds. The summed E-state index contributed by atoms with van der Waals surface area (Å²) in [6.07, 6.45) is -0.359. The molecule has 17 heavy (non-hydrogen) atoms. The van der Waals surface area contributed by atoms with E-state index in [1.165, 1.54) is 20.1 Å². The van der Waals surface area contributed by atoms with Gasteiger partial charge in [0.25, 0.3) is 0 Å². The van der Waals surface area contributed by atoms with E-state index < -0.39 is 17.9 Å². The Morgan fingerprint density at radius 1 is 1.47 bits per heavy atom. The quantitative estimate of drug-likeness (QED) is 0.733. The summed E-state index contributed by atoms with van der Waals surface area (Å²) in [6.45, 7) is 1.39. The summed E-state index contributed by atoms with van der Waals surface area (Å²) >= 11 is 0. The molecule has 90 valence electrons. The van der Waals surface area contributed by atoms with Crippen LogP contribution in [0.4, 0.5) is 4.39 Å². The largest absolute Gasteiger partial charge is 0.481 e. The van der Waals surface area contributed by atoms with Crippen LogP contribution in [0.2, 0.25) is 0 Å². The van der Waals surface area contributed by atoms with Crippen molar-refractivity contribution in [2.24, 2.45) is 0 Å². The number of methoxy groups -OCH3 is 1. The van der Waals surface area contributed by atoms with Crippen molar-refractivity contribution in [1.29, 1.82) is 0 Å². The van der Waals surface area contributed by atoms with E-state index in [2.05, 4.69) is 4.74 Å². The Morgan fingerprint density at radius 3 is 2.76 bits per heavy atom. The van der Waals surface area contributed by atoms with E-state index in [-0.39, 0.29) is 23.5 Å². The van der Waals surface area contributed by atoms with E-state index in [1.54, 1.807) is 0 Å². The third kappa shape index (κ3) is 2.00. The lowest BCUT2D eigenvalue weighted by atomic mass is 10.0. The molecule has 1 aromatic carbocycles. The Hall–Kier alpha value is -1.91. The highest BCUT2D eigenvalue weighted by molar-refractivity contribution is 5.94. The normalized spacial score (nSPS) is 17.2. The van der Waals surface area contributed by atoms with Crippen molar-refractivity contribution < 1.29 is 23.5 Å². The molecule has 4 nitrogen and oxygen atoms in total. The van der Waals surface area contributed by atoms with Crippen LogP contribution in [0.5, 0.6) is 5.75 Å². The third-order valence-electron chi connectivity index (χ3n) is 2.65. The van der Waals surface area contributed by atoms with Gasteiger partial charge in [0.1, 0.15) is 17.1 Å². The molecule has 1 aromatic rings. The van der Waals surface area contributed by atoms with Gasteiger partial charge in [0, 0.05) is 12.0 Å². The van der Waals surface area contributed by atoms with Gasteiger partial charge in [-0.15, -0.1) is 0 Å². The molecule has 0 aromatic heterocycles. The summed E-state index contributed by atoms with van der Waals surface area (Å²) in [5, 5.41) is 0. The molecule has 1 atom stereocenters. The first-order valence-electron chi connectivity index (χ1n) is 5.10. The predicted molar refractivity (Wildman–Crippen MR) is 56.5 cm³/mol. The van der Waals surface area contributed by atoms with Gasteiger partial charge in [-0.05, 0) is 19.1 Å². The molecule has 0 saturated carbocycles. The number of rotatable bonds is 2. The Morgan fingerprint density at radius 2 is 2.18 bits per heavy atom. The summed E-state index contributed by atoms with van der Waals surface area (Å²) in [5.41, 5.74) is 0.539. The zero-order valence-electron chi connectivity index (χ0n) is 9.45. The van der Waals surface area contributed by atoms with E-state index in [0.29, 0.717) is 5.56 Å². The zero-order valence-corrected chi connectivity index (χ0v) is 9.45. The van der Waals surface area contributed by atoms with Crippen molar-refractivity contribution in [2.45, 2.75) is 19.4 Å². The molecule has 5 heteroatoms. The summed E-state index contributed by atoms with van der Waals surface area (Å²) in [6, 6.07) is 2.32. The van der Waals surface area contributed by atoms with Crippen LogP contribution < -0.4 is 4.74 Å². The lowest BCUT2D eigenvalue weighted by Crippen LogP contribution is -2.22. The second-order valence-electron chi connectivity index (χ2n) is 3.85. The SMILES string of the molecule is COC(=O)c1cc(F)cc2c1OC(C(C)=O)C2. The summed E-state index contributed by atoms with van der Waals surface area (Å²) < 4.78 is 23.2. The van der Waals surface area contributed by atoms with E-state index >= 15 is 0 Å². The van der Waals surface area contributed by atoms with Crippen molar-refractivity contribution in [1.82, 2.24) is 0 Å². The molecule has 0 radical (unpaired) electrons.